The van der Waals surface area contributed by atoms with Gasteiger partial charge in [0, 0.05) is 59.7 Å². The minimum Gasteiger partial charge on any atom is -0.309 e. The van der Waals surface area contributed by atoms with Gasteiger partial charge in [-0.05, 0) is 65.4 Å². The number of aromatic nitrogens is 5. The predicted molar refractivity (Wildman–Crippen MR) is 246 cm³/mol. The van der Waals surface area contributed by atoms with Gasteiger partial charge in [0.15, 0.2) is 0 Å². The van der Waals surface area contributed by atoms with Gasteiger partial charge in [-0.2, -0.15) is 0 Å². The Balaban J connectivity index is 1.14. The van der Waals surface area contributed by atoms with Crippen molar-refractivity contribution in [1.82, 2.24) is 23.5 Å². The first kappa shape index (κ1) is 31.1. The second kappa shape index (κ2) is 11.3. The maximum Gasteiger partial charge on any atom is 0.235 e. The third kappa shape index (κ3) is 4.03. The van der Waals surface area contributed by atoms with E-state index in [1.54, 1.807) is 0 Å². The Morgan fingerprint density at radius 3 is 1.76 bits per heavy atom. The molecular weight excluding hydrogens is 719 g/mol. The molecule has 0 amide bonds. The van der Waals surface area contributed by atoms with Crippen LogP contribution in [0.15, 0.2) is 188 Å². The van der Waals surface area contributed by atoms with E-state index in [1.165, 1.54) is 75.9 Å². The van der Waals surface area contributed by atoms with Crippen molar-refractivity contribution >= 4 is 103 Å². The Labute approximate surface area is 336 Å². The Kier molecular flexibility index (Phi) is 5.96. The van der Waals surface area contributed by atoms with Crippen LogP contribution in [0.5, 0.6) is 0 Å². The molecule has 0 aliphatic heterocycles. The van der Waals surface area contributed by atoms with Gasteiger partial charge in [0.05, 0.1) is 49.8 Å². The molecule has 0 fully saturated rings. The lowest BCUT2D eigenvalue weighted by Gasteiger charge is -2.13. The number of para-hydroxylation sites is 5. The zero-order valence-electron chi connectivity index (χ0n) is 31.6. The summed E-state index contributed by atoms with van der Waals surface area (Å²) in [6, 6.07) is 68.0. The van der Waals surface area contributed by atoms with Crippen molar-refractivity contribution in [2.75, 3.05) is 0 Å². The molecule has 0 bridgehead atoms. The van der Waals surface area contributed by atoms with Crippen molar-refractivity contribution < 1.29 is 0 Å². The molecule has 5 nitrogen and oxygen atoms in total. The zero-order valence-corrected chi connectivity index (χ0v) is 31.6. The molecule has 0 saturated heterocycles. The third-order valence-electron chi connectivity index (χ3n) is 12.7. The van der Waals surface area contributed by atoms with Gasteiger partial charge in [0.1, 0.15) is 0 Å². The smallest absolute Gasteiger partial charge is 0.235 e. The average Bonchev–Trinajstić information content (AvgIpc) is 4.03. The predicted octanol–water partition coefficient (Wildman–Crippen LogP) is 13.8. The summed E-state index contributed by atoms with van der Waals surface area (Å²) in [6.07, 6.45) is 0. The standard InChI is InChI=1S/C54H31N5/c1-2-15-34(16-3-1)57-44-23-11-7-18-36(44)39-28-26-33(30-48(39)57)51-40-21-6-10-22-43(40)55-54(56-51)59-46-25-13-9-20-38(46)42-31-41-37-19-8-12-24-45(37)58-47-29-27-32-14-4-5-17-35(32)49(47)50(52(41)58)53(42)59/h1-31H. The molecule has 0 N–H and O–H groups in total. The van der Waals surface area contributed by atoms with Crippen LogP contribution in [0.3, 0.4) is 0 Å². The number of benzene rings is 9. The first-order valence-corrected chi connectivity index (χ1v) is 20.2. The van der Waals surface area contributed by atoms with Crippen LogP contribution in [-0.4, -0.2) is 23.5 Å². The molecule has 0 atom stereocenters. The van der Waals surface area contributed by atoms with Gasteiger partial charge in [-0.25, -0.2) is 9.97 Å². The fourth-order valence-corrected chi connectivity index (χ4v) is 10.3. The van der Waals surface area contributed by atoms with E-state index in [4.69, 9.17) is 9.97 Å². The monoisotopic (exact) mass is 749 g/mol. The van der Waals surface area contributed by atoms with Crippen LogP contribution < -0.4 is 0 Å². The van der Waals surface area contributed by atoms with Gasteiger partial charge in [0.2, 0.25) is 5.95 Å². The molecular formula is C54H31N5. The molecule has 0 saturated carbocycles. The number of rotatable bonds is 3. The Bertz CT molecular complexity index is 4070. The molecule has 14 rings (SSSR count). The van der Waals surface area contributed by atoms with Crippen molar-refractivity contribution in [3.05, 3.63) is 188 Å². The first-order chi connectivity index (χ1) is 29.3. The van der Waals surface area contributed by atoms with Crippen molar-refractivity contribution in [1.29, 1.82) is 0 Å². The van der Waals surface area contributed by atoms with Crippen LogP contribution in [0, 0.1) is 0 Å². The summed E-state index contributed by atoms with van der Waals surface area (Å²) >= 11 is 0. The van der Waals surface area contributed by atoms with E-state index < -0.39 is 0 Å². The topological polar surface area (TPSA) is 40.0 Å². The zero-order chi connectivity index (χ0) is 38.3. The Morgan fingerprint density at radius 2 is 0.949 bits per heavy atom. The fraction of sp³-hybridized carbons (Fsp3) is 0. The van der Waals surface area contributed by atoms with E-state index in [0.717, 1.165) is 44.4 Å². The SMILES string of the molecule is c1ccc(-n2c3ccccc3c3ccc(-c4nc(-n5c6ccccc6c6cc7c8ccccc8n8c9ccc%10ccccc%10c9c(c65)c78)nc5ccccc45)cc32)cc1. The molecule has 59 heavy (non-hydrogen) atoms. The van der Waals surface area contributed by atoms with Crippen molar-refractivity contribution in [2.24, 2.45) is 0 Å². The maximum atomic E-state index is 5.65. The molecule has 272 valence electrons. The van der Waals surface area contributed by atoms with Crippen LogP contribution in [0.4, 0.5) is 0 Å². The highest BCUT2D eigenvalue weighted by molar-refractivity contribution is 6.37. The van der Waals surface area contributed by atoms with E-state index in [2.05, 4.69) is 202 Å². The minimum absolute atomic E-state index is 0.653. The second-order valence-corrected chi connectivity index (χ2v) is 15.7. The summed E-state index contributed by atoms with van der Waals surface area (Å²) in [4.78, 5) is 11.1. The number of fused-ring (bicyclic) bond motifs is 16. The second-order valence-electron chi connectivity index (χ2n) is 15.7. The minimum atomic E-state index is 0.653. The van der Waals surface area contributed by atoms with Crippen LogP contribution in [0.25, 0.3) is 126 Å². The molecule has 0 aliphatic rings. The normalized spacial score (nSPS) is 12.4. The molecule has 0 spiro atoms. The summed E-state index contributed by atoms with van der Waals surface area (Å²) in [7, 11) is 0. The van der Waals surface area contributed by atoms with Crippen molar-refractivity contribution in [3.8, 4) is 22.9 Å². The molecule has 0 aliphatic carbocycles. The molecule has 5 heterocycles. The largest absolute Gasteiger partial charge is 0.309 e. The van der Waals surface area contributed by atoms with Gasteiger partial charge in [-0.1, -0.05) is 133 Å². The quantitative estimate of drug-likeness (QED) is 0.180. The van der Waals surface area contributed by atoms with Crippen LogP contribution in [0.2, 0.25) is 0 Å². The molecule has 14 aromatic rings. The van der Waals surface area contributed by atoms with Gasteiger partial charge in [-0.15, -0.1) is 0 Å². The van der Waals surface area contributed by atoms with E-state index in [-0.39, 0.29) is 0 Å². The summed E-state index contributed by atoms with van der Waals surface area (Å²) in [5.74, 6) is 0.653. The summed E-state index contributed by atoms with van der Waals surface area (Å²) in [5.41, 5.74) is 12.2. The lowest BCUT2D eigenvalue weighted by atomic mass is 10.00. The van der Waals surface area contributed by atoms with Crippen LogP contribution >= 0.6 is 0 Å². The summed E-state index contributed by atoms with van der Waals surface area (Å²) < 4.78 is 7.20. The van der Waals surface area contributed by atoms with Gasteiger partial charge < -0.3 is 8.97 Å². The van der Waals surface area contributed by atoms with Crippen LogP contribution in [0.1, 0.15) is 0 Å². The first-order valence-electron chi connectivity index (χ1n) is 20.2. The van der Waals surface area contributed by atoms with Crippen LogP contribution in [-0.2, 0) is 0 Å². The molecule has 0 radical (unpaired) electrons. The van der Waals surface area contributed by atoms with E-state index >= 15 is 0 Å². The molecule has 9 aromatic carbocycles. The van der Waals surface area contributed by atoms with E-state index in [9.17, 15) is 0 Å². The van der Waals surface area contributed by atoms with E-state index in [0.29, 0.717) is 5.95 Å². The summed E-state index contributed by atoms with van der Waals surface area (Å²) in [5, 5.41) is 13.3. The molecule has 0 unspecified atom stereocenters. The van der Waals surface area contributed by atoms with Gasteiger partial charge >= 0.3 is 0 Å². The van der Waals surface area contributed by atoms with Gasteiger partial charge in [-0.3, -0.25) is 4.57 Å². The lowest BCUT2D eigenvalue weighted by molar-refractivity contribution is 1.02. The fourth-order valence-electron chi connectivity index (χ4n) is 10.3. The average molecular weight is 750 g/mol. The highest BCUT2D eigenvalue weighted by Crippen LogP contribution is 2.48. The highest BCUT2D eigenvalue weighted by atomic mass is 15.2. The maximum absolute atomic E-state index is 5.65. The third-order valence-corrected chi connectivity index (χ3v) is 12.7. The number of hydrogen-bond donors (Lipinski definition) is 0. The van der Waals surface area contributed by atoms with Crippen molar-refractivity contribution in [2.45, 2.75) is 0 Å². The number of nitrogens with zero attached hydrogens (tertiary/aromatic N) is 5. The Hall–Kier alpha value is -8.02. The summed E-state index contributed by atoms with van der Waals surface area (Å²) in [6.45, 7) is 0. The Morgan fingerprint density at radius 1 is 0.339 bits per heavy atom. The van der Waals surface area contributed by atoms with E-state index in [1.807, 2.05) is 0 Å². The lowest BCUT2D eigenvalue weighted by Crippen LogP contribution is -2.04. The van der Waals surface area contributed by atoms with Gasteiger partial charge in [0.25, 0.3) is 0 Å². The molecule has 5 heteroatoms. The highest BCUT2D eigenvalue weighted by Gasteiger charge is 2.26. The van der Waals surface area contributed by atoms with Crippen molar-refractivity contribution in [3.63, 3.8) is 0 Å². The number of hydrogen-bond acceptors (Lipinski definition) is 2. The molecule has 5 aromatic heterocycles.